The Balaban J connectivity index is 1.38. The van der Waals surface area contributed by atoms with Crippen LogP contribution in [-0.4, -0.2) is 5.71 Å². The van der Waals surface area contributed by atoms with Crippen molar-refractivity contribution in [3.63, 3.8) is 0 Å². The lowest BCUT2D eigenvalue weighted by Crippen LogP contribution is -2.25. The Hall–Kier alpha value is -6.05. The zero-order valence-electron chi connectivity index (χ0n) is 28.3. The first kappa shape index (κ1) is 32.9. The van der Waals surface area contributed by atoms with Crippen LogP contribution in [0.1, 0.15) is 45.9 Å². The van der Waals surface area contributed by atoms with Gasteiger partial charge in [0.05, 0.1) is 5.70 Å². The van der Waals surface area contributed by atoms with E-state index in [2.05, 4.69) is 161 Å². The predicted molar refractivity (Wildman–Crippen MR) is 213 cm³/mol. The summed E-state index contributed by atoms with van der Waals surface area (Å²) in [5.74, 6) is 0. The molecule has 0 aliphatic heterocycles. The van der Waals surface area contributed by atoms with Gasteiger partial charge in [-0.15, -0.1) is 0 Å². The van der Waals surface area contributed by atoms with Gasteiger partial charge in [0.2, 0.25) is 0 Å². The molecule has 0 unspecified atom stereocenters. The van der Waals surface area contributed by atoms with E-state index in [-0.39, 0.29) is 0 Å². The molecule has 0 atom stereocenters. The number of aryl methyl sites for hydroxylation is 1. The van der Waals surface area contributed by atoms with Crippen LogP contribution in [0.25, 0.3) is 41.1 Å². The Kier molecular flexibility index (Phi) is 10.5. The molecule has 0 aromatic heterocycles. The molecule has 6 aromatic rings. The van der Waals surface area contributed by atoms with E-state index in [1.807, 2.05) is 42.5 Å². The molecule has 0 saturated heterocycles. The number of allylic oxidation sites excluding steroid dienone is 3. The van der Waals surface area contributed by atoms with Crippen LogP contribution in [0.15, 0.2) is 175 Å². The molecule has 0 saturated carbocycles. The fraction of sp³-hybridized carbons (Fsp3) is 0.0625. The topological polar surface area (TPSA) is 12.4 Å². The van der Waals surface area contributed by atoms with Crippen LogP contribution in [0.2, 0.25) is 0 Å². The Labute approximate surface area is 291 Å². The van der Waals surface area contributed by atoms with Crippen LogP contribution in [0.3, 0.4) is 0 Å². The lowest BCUT2D eigenvalue weighted by atomic mass is 9.94. The van der Waals surface area contributed by atoms with Crippen molar-refractivity contribution in [3.8, 4) is 11.1 Å². The molecule has 0 aliphatic rings. The first-order chi connectivity index (χ1) is 23.9. The third-order valence-corrected chi connectivity index (χ3v) is 8.71. The SMILES string of the molecule is C=C(/C=C\c1ccccc1C)c1cc(C/C=C\c2ccccc2)cc(-c2ccc(/C(N=C(C)c3ccccc3)=c3\ccccc3=C)cc2)c1. The molecule has 6 aromatic carbocycles. The van der Waals surface area contributed by atoms with E-state index in [4.69, 9.17) is 4.99 Å². The minimum atomic E-state index is 0.814. The molecule has 0 bridgehead atoms. The maximum absolute atomic E-state index is 5.18. The van der Waals surface area contributed by atoms with Crippen LogP contribution in [0, 0.1) is 6.92 Å². The summed E-state index contributed by atoms with van der Waals surface area (Å²) in [4.78, 5) is 5.18. The summed E-state index contributed by atoms with van der Waals surface area (Å²) in [7, 11) is 0. The zero-order chi connectivity index (χ0) is 34.0. The van der Waals surface area contributed by atoms with Gasteiger partial charge >= 0.3 is 0 Å². The third kappa shape index (κ3) is 8.46. The lowest BCUT2D eigenvalue weighted by molar-refractivity contribution is 1.27. The van der Waals surface area contributed by atoms with Gasteiger partial charge in [-0.2, -0.15) is 0 Å². The van der Waals surface area contributed by atoms with Crippen LogP contribution in [0.4, 0.5) is 0 Å². The number of nitrogens with zero attached hydrogens (tertiary/aromatic N) is 1. The van der Waals surface area contributed by atoms with Gasteiger partial charge in [-0.3, -0.25) is 4.99 Å². The van der Waals surface area contributed by atoms with Crippen LogP contribution in [-0.2, 0) is 6.42 Å². The fourth-order valence-electron chi connectivity index (χ4n) is 5.88. The molecule has 0 N–H and O–H groups in total. The third-order valence-electron chi connectivity index (χ3n) is 8.71. The number of aliphatic imine (C=N–C) groups is 1. The molecule has 49 heavy (non-hydrogen) atoms. The van der Waals surface area contributed by atoms with Crippen molar-refractivity contribution in [3.05, 3.63) is 220 Å². The van der Waals surface area contributed by atoms with Gasteiger partial charge < -0.3 is 0 Å². The van der Waals surface area contributed by atoms with Crippen molar-refractivity contribution in [2.24, 2.45) is 4.99 Å². The van der Waals surface area contributed by atoms with Crippen LogP contribution < -0.4 is 10.4 Å². The Morgan fingerprint density at radius 1 is 0.633 bits per heavy atom. The average molecular weight is 632 g/mol. The van der Waals surface area contributed by atoms with Crippen molar-refractivity contribution in [1.82, 2.24) is 0 Å². The summed E-state index contributed by atoms with van der Waals surface area (Å²) in [6.07, 6.45) is 9.51. The van der Waals surface area contributed by atoms with Crippen molar-refractivity contribution < 1.29 is 0 Å². The smallest absolute Gasteiger partial charge is 0.0783 e. The van der Waals surface area contributed by atoms with E-state index in [9.17, 15) is 0 Å². The van der Waals surface area contributed by atoms with Gasteiger partial charge in [-0.1, -0.05) is 183 Å². The first-order valence-electron chi connectivity index (χ1n) is 16.7. The highest BCUT2D eigenvalue weighted by Gasteiger charge is 2.09. The zero-order valence-corrected chi connectivity index (χ0v) is 28.3. The second-order valence-electron chi connectivity index (χ2n) is 12.3. The Bertz CT molecular complexity index is 2270. The molecule has 0 spiro atoms. The van der Waals surface area contributed by atoms with Gasteiger partial charge in [0.15, 0.2) is 0 Å². The van der Waals surface area contributed by atoms with E-state index in [0.29, 0.717) is 0 Å². The molecular weight excluding hydrogens is 591 g/mol. The predicted octanol–water partition coefficient (Wildman–Crippen LogP) is 10.7. The number of benzene rings is 6. The van der Waals surface area contributed by atoms with Crippen molar-refractivity contribution >= 4 is 35.7 Å². The summed E-state index contributed by atoms with van der Waals surface area (Å²) >= 11 is 0. The van der Waals surface area contributed by atoms with Crippen molar-refractivity contribution in [2.75, 3.05) is 0 Å². The molecular formula is C48H41N. The highest BCUT2D eigenvalue weighted by Crippen LogP contribution is 2.29. The second kappa shape index (κ2) is 15.7. The summed E-state index contributed by atoms with van der Waals surface area (Å²) < 4.78 is 0. The summed E-state index contributed by atoms with van der Waals surface area (Å²) in [6, 6.07) is 52.9. The molecule has 0 heterocycles. The highest BCUT2D eigenvalue weighted by atomic mass is 14.8. The molecule has 1 heteroatoms. The van der Waals surface area contributed by atoms with E-state index in [1.54, 1.807) is 0 Å². The van der Waals surface area contributed by atoms with Crippen LogP contribution in [0.5, 0.6) is 0 Å². The van der Waals surface area contributed by atoms with E-state index < -0.39 is 0 Å². The summed E-state index contributed by atoms with van der Waals surface area (Å²) in [5, 5.41) is 1.97. The van der Waals surface area contributed by atoms with E-state index in [1.165, 1.54) is 22.3 Å². The molecule has 1 nitrogen and oxygen atoms in total. The number of hydrogen-bond donors (Lipinski definition) is 0. The monoisotopic (exact) mass is 631 g/mol. The molecule has 238 valence electrons. The molecule has 0 amide bonds. The number of rotatable bonds is 10. The fourth-order valence-corrected chi connectivity index (χ4v) is 5.88. The lowest BCUT2D eigenvalue weighted by Gasteiger charge is -2.12. The molecule has 0 fully saturated rings. The maximum atomic E-state index is 5.18. The molecule has 0 aliphatic carbocycles. The van der Waals surface area contributed by atoms with Gasteiger partial charge in [-0.25, -0.2) is 0 Å². The standard InChI is InChI=1S/C48H41N/c1-35-16-11-13-22-41(35)27-26-36(2)45-32-40(21-15-20-39-18-7-5-8-19-39)33-46(34-45)43-28-30-44(31-29-43)48(47-25-14-12-17-37(47)3)49-38(4)42-23-9-6-10-24-42/h5-20,22-34H,2-3,21H2,1,4H3/b20-15-,27-26-,48-47-,49-38?. The average Bonchev–Trinajstić information content (AvgIpc) is 3.14. The minimum absolute atomic E-state index is 0.814. The van der Waals surface area contributed by atoms with Gasteiger partial charge in [0, 0.05) is 16.5 Å². The van der Waals surface area contributed by atoms with E-state index >= 15 is 0 Å². The quantitative estimate of drug-likeness (QED) is 0.105. The summed E-state index contributed by atoms with van der Waals surface area (Å²) in [6.45, 7) is 13.0. The van der Waals surface area contributed by atoms with Gasteiger partial charge in [-0.05, 0) is 81.6 Å². The Morgan fingerprint density at radius 2 is 1.31 bits per heavy atom. The van der Waals surface area contributed by atoms with Crippen LogP contribution >= 0.6 is 0 Å². The highest BCUT2D eigenvalue weighted by molar-refractivity contribution is 6.01. The Morgan fingerprint density at radius 3 is 2.04 bits per heavy atom. The van der Waals surface area contributed by atoms with Gasteiger partial charge in [0.25, 0.3) is 0 Å². The normalized spacial score (nSPS) is 12.4. The van der Waals surface area contributed by atoms with Crippen molar-refractivity contribution in [2.45, 2.75) is 20.3 Å². The maximum Gasteiger partial charge on any atom is 0.0783 e. The minimum Gasteiger partial charge on any atom is -0.252 e. The number of hydrogen-bond acceptors (Lipinski definition) is 1. The van der Waals surface area contributed by atoms with E-state index in [0.717, 1.165) is 61.7 Å². The molecule has 6 rings (SSSR count). The first-order valence-corrected chi connectivity index (χ1v) is 16.7. The van der Waals surface area contributed by atoms with Gasteiger partial charge in [0.1, 0.15) is 0 Å². The summed E-state index contributed by atoms with van der Waals surface area (Å²) in [5.41, 5.74) is 13.3. The molecule has 0 radical (unpaired) electrons. The largest absolute Gasteiger partial charge is 0.252 e. The second-order valence-corrected chi connectivity index (χ2v) is 12.3. The van der Waals surface area contributed by atoms with Crippen molar-refractivity contribution in [1.29, 1.82) is 0 Å².